The van der Waals surface area contributed by atoms with Gasteiger partial charge in [0.05, 0.1) is 12.1 Å². The largest absolute Gasteiger partial charge is 0.486 e. The highest BCUT2D eigenvalue weighted by atomic mass is 79.9. The number of benzene rings is 1. The van der Waals surface area contributed by atoms with Crippen molar-refractivity contribution < 1.29 is 14.2 Å². The molecule has 1 saturated heterocycles. The highest BCUT2D eigenvalue weighted by molar-refractivity contribution is 9.10. The topological polar surface area (TPSA) is 39.7 Å². The highest BCUT2D eigenvalue weighted by Gasteiger charge is 2.29. The van der Waals surface area contributed by atoms with Crippen molar-refractivity contribution in [1.29, 1.82) is 0 Å². The normalized spacial score (nSPS) is 22.8. The number of fused-ring (bicyclic) bond motifs is 1. The van der Waals surface area contributed by atoms with Crippen LogP contribution in [-0.4, -0.2) is 32.5 Å². The molecule has 0 aliphatic carbocycles. The van der Waals surface area contributed by atoms with Gasteiger partial charge in [-0.25, -0.2) is 0 Å². The maximum Gasteiger partial charge on any atom is 0.162 e. The molecule has 0 saturated carbocycles. The van der Waals surface area contributed by atoms with Crippen LogP contribution in [-0.2, 0) is 4.74 Å². The summed E-state index contributed by atoms with van der Waals surface area (Å²) < 4.78 is 18.2. The first kappa shape index (κ1) is 14.2. The minimum Gasteiger partial charge on any atom is -0.486 e. The molecular weight excluding hydrogens is 322 g/mol. The van der Waals surface area contributed by atoms with Gasteiger partial charge in [0.15, 0.2) is 11.5 Å². The Morgan fingerprint density at radius 2 is 2.00 bits per heavy atom. The third-order valence-electron chi connectivity index (χ3n) is 3.76. The van der Waals surface area contributed by atoms with Crippen LogP contribution in [0.1, 0.15) is 31.4 Å². The van der Waals surface area contributed by atoms with E-state index in [4.69, 9.17) is 14.2 Å². The minimum atomic E-state index is 0.188. The van der Waals surface area contributed by atoms with Crippen molar-refractivity contribution in [2.45, 2.75) is 31.9 Å². The number of halogens is 1. The average molecular weight is 342 g/mol. The first-order valence-electron chi connectivity index (χ1n) is 7.23. The van der Waals surface area contributed by atoms with Crippen LogP contribution in [0.5, 0.6) is 11.5 Å². The predicted molar refractivity (Wildman–Crippen MR) is 80.5 cm³/mol. The molecule has 20 heavy (non-hydrogen) atoms. The number of hydrogen-bond acceptors (Lipinski definition) is 4. The molecule has 2 unspecified atom stereocenters. The molecule has 1 aromatic carbocycles. The number of rotatable bonds is 4. The summed E-state index contributed by atoms with van der Waals surface area (Å²) >= 11 is 3.66. The number of nitrogens with one attached hydrogen (secondary N) is 1. The molecule has 1 aromatic rings. The molecule has 2 heterocycles. The van der Waals surface area contributed by atoms with Gasteiger partial charge in [0.25, 0.3) is 0 Å². The Labute approximate surface area is 127 Å². The third kappa shape index (κ3) is 2.80. The molecule has 2 aliphatic heterocycles. The molecule has 1 fully saturated rings. The van der Waals surface area contributed by atoms with E-state index in [0.29, 0.717) is 13.2 Å². The fraction of sp³-hybridized carbons (Fsp3) is 0.600. The second kappa shape index (κ2) is 6.33. The van der Waals surface area contributed by atoms with E-state index in [1.165, 1.54) is 5.56 Å². The molecule has 0 radical (unpaired) electrons. The highest BCUT2D eigenvalue weighted by Crippen LogP contribution is 2.40. The number of ether oxygens (including phenoxy) is 3. The monoisotopic (exact) mass is 341 g/mol. The lowest BCUT2D eigenvalue weighted by Gasteiger charge is -2.27. The van der Waals surface area contributed by atoms with Gasteiger partial charge in [0.1, 0.15) is 13.2 Å². The Balaban J connectivity index is 1.92. The molecule has 0 amide bonds. The summed E-state index contributed by atoms with van der Waals surface area (Å²) in [6.07, 6.45) is 2.46. The first-order valence-corrected chi connectivity index (χ1v) is 8.03. The average Bonchev–Trinajstić information content (AvgIpc) is 2.98. The van der Waals surface area contributed by atoms with Crippen molar-refractivity contribution in [3.05, 3.63) is 22.2 Å². The van der Waals surface area contributed by atoms with Gasteiger partial charge in [-0.15, -0.1) is 0 Å². The van der Waals surface area contributed by atoms with Crippen molar-refractivity contribution in [1.82, 2.24) is 5.32 Å². The lowest BCUT2D eigenvalue weighted by molar-refractivity contribution is 0.0783. The summed E-state index contributed by atoms with van der Waals surface area (Å²) in [5.74, 6) is 1.64. The fourth-order valence-corrected chi connectivity index (χ4v) is 3.41. The van der Waals surface area contributed by atoms with E-state index in [2.05, 4.69) is 34.2 Å². The predicted octanol–water partition coefficient (Wildman–Crippen LogP) is 3.05. The van der Waals surface area contributed by atoms with Crippen LogP contribution in [0, 0.1) is 0 Å². The van der Waals surface area contributed by atoms with Crippen LogP contribution < -0.4 is 14.8 Å². The molecule has 2 aliphatic rings. The van der Waals surface area contributed by atoms with Gasteiger partial charge >= 0.3 is 0 Å². The summed E-state index contributed by atoms with van der Waals surface area (Å²) in [5, 5.41) is 3.54. The van der Waals surface area contributed by atoms with Crippen molar-refractivity contribution >= 4 is 15.9 Å². The molecule has 110 valence electrons. The molecule has 0 spiro atoms. The second-order valence-corrected chi connectivity index (χ2v) is 5.96. The van der Waals surface area contributed by atoms with Gasteiger partial charge in [-0.3, -0.25) is 0 Å². The molecule has 2 atom stereocenters. The van der Waals surface area contributed by atoms with Crippen molar-refractivity contribution in [2.75, 3.05) is 26.4 Å². The molecule has 0 aromatic heterocycles. The van der Waals surface area contributed by atoms with E-state index in [-0.39, 0.29) is 12.1 Å². The van der Waals surface area contributed by atoms with Gasteiger partial charge < -0.3 is 19.5 Å². The summed E-state index contributed by atoms with van der Waals surface area (Å²) in [5.41, 5.74) is 1.18. The Bertz CT molecular complexity index is 474. The number of hydrogen-bond donors (Lipinski definition) is 1. The lowest BCUT2D eigenvalue weighted by atomic mass is 9.98. The molecule has 4 nitrogen and oxygen atoms in total. The lowest BCUT2D eigenvalue weighted by Crippen LogP contribution is -2.32. The van der Waals surface area contributed by atoms with Crippen LogP contribution in [0.25, 0.3) is 0 Å². The third-order valence-corrected chi connectivity index (χ3v) is 4.44. The molecule has 3 rings (SSSR count). The fourth-order valence-electron chi connectivity index (χ4n) is 2.85. The van der Waals surface area contributed by atoms with E-state index in [1.807, 2.05) is 6.07 Å². The van der Waals surface area contributed by atoms with E-state index >= 15 is 0 Å². The van der Waals surface area contributed by atoms with E-state index in [1.54, 1.807) is 0 Å². The van der Waals surface area contributed by atoms with Crippen LogP contribution >= 0.6 is 15.9 Å². The van der Waals surface area contributed by atoms with E-state index < -0.39 is 0 Å². The van der Waals surface area contributed by atoms with E-state index in [9.17, 15) is 0 Å². The van der Waals surface area contributed by atoms with Crippen LogP contribution in [0.4, 0.5) is 0 Å². The summed E-state index contributed by atoms with van der Waals surface area (Å²) in [4.78, 5) is 0. The van der Waals surface area contributed by atoms with Gasteiger partial charge in [-0.1, -0.05) is 22.9 Å². The zero-order valence-electron chi connectivity index (χ0n) is 11.7. The summed E-state index contributed by atoms with van der Waals surface area (Å²) in [7, 11) is 0. The quantitative estimate of drug-likeness (QED) is 0.913. The smallest absolute Gasteiger partial charge is 0.162 e. The Kier molecular flexibility index (Phi) is 4.48. The zero-order valence-corrected chi connectivity index (χ0v) is 13.2. The van der Waals surface area contributed by atoms with Gasteiger partial charge in [-0.2, -0.15) is 0 Å². The Morgan fingerprint density at radius 3 is 2.65 bits per heavy atom. The summed E-state index contributed by atoms with van der Waals surface area (Å²) in [6.45, 7) is 5.11. The first-order chi connectivity index (χ1) is 9.79. The molecular formula is C15H20BrNO3. The molecule has 0 bridgehead atoms. The van der Waals surface area contributed by atoms with Gasteiger partial charge in [0, 0.05) is 11.1 Å². The van der Waals surface area contributed by atoms with Gasteiger partial charge in [-0.05, 0) is 37.1 Å². The number of likely N-dealkylation sites (N-methyl/N-ethyl adjacent to an activating group) is 1. The molecule has 1 N–H and O–H groups in total. The van der Waals surface area contributed by atoms with Crippen molar-refractivity contribution in [3.63, 3.8) is 0 Å². The van der Waals surface area contributed by atoms with Gasteiger partial charge in [0.2, 0.25) is 0 Å². The van der Waals surface area contributed by atoms with Crippen LogP contribution in [0.3, 0.4) is 0 Å². The summed E-state index contributed by atoms with van der Waals surface area (Å²) in [6, 6.07) is 4.27. The maximum absolute atomic E-state index is 5.87. The van der Waals surface area contributed by atoms with Crippen LogP contribution in [0.2, 0.25) is 0 Å². The standard InChI is InChI=1S/C15H20BrNO3/c1-2-17-15(12-4-3-5-18-12)10-8-13-14(9-11(10)16)20-7-6-19-13/h8-9,12,15,17H,2-7H2,1H3. The Morgan fingerprint density at radius 1 is 1.25 bits per heavy atom. The minimum absolute atomic E-state index is 0.188. The molecule has 5 heteroatoms. The van der Waals surface area contributed by atoms with Crippen molar-refractivity contribution in [2.24, 2.45) is 0 Å². The Hall–Kier alpha value is -0.780. The SMILES string of the molecule is CCNC(c1cc2c(cc1Br)OCCO2)C1CCCO1. The van der Waals surface area contributed by atoms with Crippen molar-refractivity contribution in [3.8, 4) is 11.5 Å². The van der Waals surface area contributed by atoms with E-state index in [0.717, 1.165) is 42.0 Å². The van der Waals surface area contributed by atoms with Crippen LogP contribution in [0.15, 0.2) is 16.6 Å². The second-order valence-electron chi connectivity index (χ2n) is 5.10. The zero-order chi connectivity index (χ0) is 13.9. The maximum atomic E-state index is 5.87.